The van der Waals surface area contributed by atoms with Gasteiger partial charge in [0.15, 0.2) is 0 Å². The summed E-state index contributed by atoms with van der Waals surface area (Å²) >= 11 is 0. The van der Waals surface area contributed by atoms with E-state index in [1.54, 1.807) is 0 Å². The molecule has 0 bridgehead atoms. The van der Waals surface area contributed by atoms with Crippen molar-refractivity contribution >= 4 is 21.6 Å². The third kappa shape index (κ3) is 2.90. The van der Waals surface area contributed by atoms with Crippen LogP contribution in [0.3, 0.4) is 0 Å². The van der Waals surface area contributed by atoms with Crippen LogP contribution >= 0.6 is 0 Å². The van der Waals surface area contributed by atoms with E-state index in [0.29, 0.717) is 12.3 Å². The van der Waals surface area contributed by atoms with E-state index in [1.807, 2.05) is 0 Å². The van der Waals surface area contributed by atoms with Crippen LogP contribution in [-0.4, -0.2) is 22.5 Å². The molecule has 2 N–H and O–H groups in total. The zero-order valence-corrected chi connectivity index (χ0v) is 14.1. The molecule has 1 aromatic rings. The average Bonchev–Trinajstić information content (AvgIpc) is 3.15. The van der Waals surface area contributed by atoms with Crippen LogP contribution in [0, 0.1) is 0 Å². The summed E-state index contributed by atoms with van der Waals surface area (Å²) in [7, 11) is -2.57. The fourth-order valence-corrected chi connectivity index (χ4v) is 5.71. The number of anilines is 1. The molecule has 1 aromatic carbocycles. The number of fused-ring (bicyclic) bond motifs is 2. The average molecular weight is 333 g/mol. The van der Waals surface area contributed by atoms with Crippen molar-refractivity contribution in [2.75, 3.05) is 17.6 Å². The van der Waals surface area contributed by atoms with Crippen molar-refractivity contribution in [1.82, 2.24) is 4.72 Å². The van der Waals surface area contributed by atoms with E-state index < -0.39 is 15.9 Å². The Kier molecular flexibility index (Phi) is 3.89. The summed E-state index contributed by atoms with van der Waals surface area (Å²) in [5, 5.41) is 2.99. The molecule has 0 aromatic heterocycles. The van der Waals surface area contributed by atoms with Gasteiger partial charge in [0.05, 0.1) is 0 Å². The second kappa shape index (κ2) is 5.91. The standard InChI is InChI=1S/C17H23N3O2S/c21-17(20-23(22)10-2-1-9-18-23)19-16-14-7-3-5-12(14)11-13-6-4-8-15(13)16/h11H,1-10H2,(H2,18,19,20,21,22). The molecule has 1 saturated heterocycles. The van der Waals surface area contributed by atoms with Gasteiger partial charge in [0, 0.05) is 18.0 Å². The minimum atomic E-state index is -2.57. The van der Waals surface area contributed by atoms with Gasteiger partial charge in [0.25, 0.3) is 0 Å². The fraction of sp³-hybridized carbons (Fsp3) is 0.588. The second-order valence-corrected chi connectivity index (χ2v) is 8.86. The highest BCUT2D eigenvalue weighted by Gasteiger charge is 2.25. The van der Waals surface area contributed by atoms with Crippen LogP contribution < -0.4 is 10.0 Å². The maximum absolute atomic E-state index is 12.5. The summed E-state index contributed by atoms with van der Waals surface area (Å²) < 4.78 is 19.4. The lowest BCUT2D eigenvalue weighted by molar-refractivity contribution is 0.260. The largest absolute Gasteiger partial charge is 0.354 e. The highest BCUT2D eigenvalue weighted by Crippen LogP contribution is 2.38. The van der Waals surface area contributed by atoms with E-state index in [2.05, 4.69) is 20.5 Å². The van der Waals surface area contributed by atoms with E-state index in [0.717, 1.165) is 57.1 Å². The van der Waals surface area contributed by atoms with Crippen LogP contribution in [0.5, 0.6) is 0 Å². The highest BCUT2D eigenvalue weighted by molar-refractivity contribution is 7.92. The van der Waals surface area contributed by atoms with Crippen molar-refractivity contribution in [3.8, 4) is 0 Å². The Hall–Kier alpha value is -1.40. The third-order valence-corrected chi connectivity index (χ3v) is 7.07. The van der Waals surface area contributed by atoms with Gasteiger partial charge in [-0.2, -0.15) is 0 Å². The van der Waals surface area contributed by atoms with Gasteiger partial charge in [-0.05, 0) is 73.6 Å². The van der Waals surface area contributed by atoms with Crippen LogP contribution in [0.15, 0.2) is 10.4 Å². The number of rotatable bonds is 1. The van der Waals surface area contributed by atoms with Gasteiger partial charge in [0.1, 0.15) is 9.92 Å². The molecule has 1 heterocycles. The molecule has 1 atom stereocenters. The summed E-state index contributed by atoms with van der Waals surface area (Å²) in [6.07, 6.45) is 8.39. The molecule has 4 rings (SSSR count). The number of urea groups is 1. The molecular weight excluding hydrogens is 310 g/mol. The predicted molar refractivity (Wildman–Crippen MR) is 92.2 cm³/mol. The van der Waals surface area contributed by atoms with Gasteiger partial charge >= 0.3 is 6.03 Å². The van der Waals surface area contributed by atoms with E-state index in [1.165, 1.54) is 22.3 Å². The lowest BCUT2D eigenvalue weighted by atomic mass is 9.99. The summed E-state index contributed by atoms with van der Waals surface area (Å²) in [4.78, 5) is 12.4. The molecule has 0 saturated carbocycles. The Labute approximate surface area is 137 Å². The van der Waals surface area contributed by atoms with Crippen molar-refractivity contribution in [3.05, 3.63) is 28.3 Å². The number of hydrogen-bond donors (Lipinski definition) is 2. The Morgan fingerprint density at radius 1 is 1.04 bits per heavy atom. The van der Waals surface area contributed by atoms with Crippen molar-refractivity contribution in [2.24, 2.45) is 4.36 Å². The topological polar surface area (TPSA) is 70.6 Å². The molecule has 1 fully saturated rings. The molecule has 1 aliphatic heterocycles. The molecule has 23 heavy (non-hydrogen) atoms. The molecule has 5 nitrogen and oxygen atoms in total. The zero-order valence-electron chi connectivity index (χ0n) is 13.3. The number of nitrogens with zero attached hydrogens (tertiary/aromatic N) is 1. The lowest BCUT2D eigenvalue weighted by Crippen LogP contribution is -2.33. The van der Waals surface area contributed by atoms with Crippen molar-refractivity contribution < 1.29 is 9.00 Å². The van der Waals surface area contributed by atoms with Gasteiger partial charge in [-0.15, -0.1) is 4.36 Å². The number of hydrogen-bond acceptors (Lipinski definition) is 2. The molecular formula is C17H23N3O2S. The number of aryl methyl sites for hydroxylation is 2. The minimum absolute atomic E-state index is 0.459. The number of amides is 2. The first kappa shape index (κ1) is 15.1. The minimum Gasteiger partial charge on any atom is -0.305 e. The third-order valence-electron chi connectivity index (χ3n) is 5.11. The summed E-state index contributed by atoms with van der Waals surface area (Å²) in [6.45, 7) is 0.672. The second-order valence-electron chi connectivity index (χ2n) is 6.70. The summed E-state index contributed by atoms with van der Waals surface area (Å²) in [6, 6.07) is 1.87. The number of nitrogens with one attached hydrogen (secondary N) is 2. The number of carbonyl (C=O) groups is 1. The first-order valence-electron chi connectivity index (χ1n) is 8.61. The van der Waals surface area contributed by atoms with Gasteiger partial charge < -0.3 is 5.32 Å². The summed E-state index contributed by atoms with van der Waals surface area (Å²) in [5.41, 5.74) is 6.28. The van der Waals surface area contributed by atoms with E-state index in [4.69, 9.17) is 0 Å². The van der Waals surface area contributed by atoms with Crippen LogP contribution in [0.2, 0.25) is 0 Å². The molecule has 124 valence electrons. The maximum Gasteiger partial charge on any atom is 0.354 e. The molecule has 6 heteroatoms. The van der Waals surface area contributed by atoms with E-state index >= 15 is 0 Å². The Bertz CT molecular complexity index is 734. The van der Waals surface area contributed by atoms with Crippen LogP contribution in [0.1, 0.15) is 47.9 Å². The maximum atomic E-state index is 12.5. The van der Waals surface area contributed by atoms with Gasteiger partial charge in [-0.1, -0.05) is 6.07 Å². The molecule has 1 unspecified atom stereocenters. The van der Waals surface area contributed by atoms with Crippen molar-refractivity contribution in [2.45, 2.75) is 51.4 Å². The monoisotopic (exact) mass is 333 g/mol. The Balaban J connectivity index is 1.66. The van der Waals surface area contributed by atoms with Crippen molar-refractivity contribution in [3.63, 3.8) is 0 Å². The molecule has 2 amide bonds. The van der Waals surface area contributed by atoms with E-state index in [-0.39, 0.29) is 0 Å². The normalized spacial score (nSPS) is 25.7. The zero-order chi connectivity index (χ0) is 15.9. The van der Waals surface area contributed by atoms with Crippen molar-refractivity contribution in [1.29, 1.82) is 0 Å². The molecule has 0 spiro atoms. The molecule has 2 aliphatic carbocycles. The Morgan fingerprint density at radius 3 is 2.35 bits per heavy atom. The van der Waals surface area contributed by atoms with E-state index in [9.17, 15) is 9.00 Å². The molecule has 3 aliphatic rings. The first-order valence-corrected chi connectivity index (χ1v) is 10.3. The summed E-state index contributed by atoms with van der Waals surface area (Å²) in [5.74, 6) is 0.464. The highest BCUT2D eigenvalue weighted by atomic mass is 32.2. The SMILES string of the molecule is O=C(N=S1(=O)CCCCN1)Nc1c2c(cc3c1CCC3)CCC2. The van der Waals surface area contributed by atoms with Crippen LogP contribution in [0.4, 0.5) is 10.5 Å². The van der Waals surface area contributed by atoms with Crippen LogP contribution in [-0.2, 0) is 35.6 Å². The first-order chi connectivity index (χ1) is 11.1. The number of benzene rings is 1. The molecule has 0 radical (unpaired) electrons. The lowest BCUT2D eigenvalue weighted by Gasteiger charge is -2.18. The van der Waals surface area contributed by atoms with Gasteiger partial charge in [-0.3, -0.25) is 0 Å². The Morgan fingerprint density at radius 2 is 1.74 bits per heavy atom. The number of carbonyl (C=O) groups excluding carboxylic acids is 1. The smallest absolute Gasteiger partial charge is 0.305 e. The quantitative estimate of drug-likeness (QED) is 0.829. The van der Waals surface area contributed by atoms with Gasteiger partial charge in [0.2, 0.25) is 0 Å². The fourth-order valence-electron chi connectivity index (χ4n) is 4.04. The van der Waals surface area contributed by atoms with Gasteiger partial charge in [-0.25, -0.2) is 13.7 Å². The predicted octanol–water partition coefficient (Wildman–Crippen LogP) is 2.96. The van der Waals surface area contributed by atoms with Crippen LogP contribution in [0.25, 0.3) is 0 Å².